The number of halogens is 1. The van der Waals surface area contributed by atoms with Gasteiger partial charge >= 0.3 is 0 Å². The van der Waals surface area contributed by atoms with Gasteiger partial charge in [-0.3, -0.25) is 4.79 Å². The topological polar surface area (TPSA) is 33.2 Å². The fourth-order valence-electron chi connectivity index (χ4n) is 2.29. The fraction of sp³-hybridized carbons (Fsp3) is 0.538. The summed E-state index contributed by atoms with van der Waals surface area (Å²) in [4.78, 5) is 18.4. The van der Waals surface area contributed by atoms with Crippen LogP contribution >= 0.6 is 15.9 Å². The second kappa shape index (κ2) is 4.77. The van der Waals surface area contributed by atoms with Crippen LogP contribution in [0.4, 0.5) is 0 Å². The van der Waals surface area contributed by atoms with Gasteiger partial charge in [-0.2, -0.15) is 0 Å². The molecule has 4 heteroatoms. The van der Waals surface area contributed by atoms with Crippen LogP contribution in [0.1, 0.15) is 37.2 Å². The van der Waals surface area contributed by atoms with Gasteiger partial charge in [-0.25, -0.2) is 4.98 Å². The maximum Gasteiger partial charge on any atom is 0.273 e. The number of aromatic nitrogens is 1. The smallest absolute Gasteiger partial charge is 0.273 e. The maximum atomic E-state index is 12.3. The van der Waals surface area contributed by atoms with Crippen molar-refractivity contribution >= 4 is 21.8 Å². The fourth-order valence-corrected chi connectivity index (χ4v) is 2.71. The van der Waals surface area contributed by atoms with Crippen LogP contribution in [-0.2, 0) is 0 Å². The molecule has 0 aromatic carbocycles. The van der Waals surface area contributed by atoms with Crippen molar-refractivity contribution in [1.29, 1.82) is 0 Å². The molecule has 0 atom stereocenters. The number of rotatable bonds is 1. The van der Waals surface area contributed by atoms with E-state index in [0.29, 0.717) is 5.69 Å². The third-order valence-electron chi connectivity index (χ3n) is 3.15. The molecule has 0 saturated carbocycles. The van der Waals surface area contributed by atoms with Crippen LogP contribution in [0.2, 0.25) is 0 Å². The van der Waals surface area contributed by atoms with E-state index in [1.165, 1.54) is 6.42 Å². The summed E-state index contributed by atoms with van der Waals surface area (Å²) < 4.78 is 0.772. The van der Waals surface area contributed by atoms with Gasteiger partial charge in [0.25, 0.3) is 5.91 Å². The molecule has 3 nitrogen and oxygen atoms in total. The molecule has 1 aromatic heterocycles. The first-order valence-electron chi connectivity index (χ1n) is 5.89. The summed E-state index contributed by atoms with van der Waals surface area (Å²) in [6.07, 6.45) is 3.91. The second-order valence-corrected chi connectivity index (χ2v) is 6.18. The average molecular weight is 297 g/mol. The summed E-state index contributed by atoms with van der Waals surface area (Å²) in [5.41, 5.74) is 0.736. The minimum Gasteiger partial charge on any atom is -0.337 e. The Balaban J connectivity index is 2.18. The Morgan fingerprint density at radius 2 is 2.29 bits per heavy atom. The molecule has 0 N–H and O–H groups in total. The van der Waals surface area contributed by atoms with Gasteiger partial charge in [0.05, 0.1) is 0 Å². The zero-order valence-electron chi connectivity index (χ0n) is 10.2. The second-order valence-electron chi connectivity index (χ2n) is 5.33. The minimum atomic E-state index is 0.0326. The molecule has 0 unspecified atom stereocenters. The Morgan fingerprint density at radius 3 is 2.94 bits per heavy atom. The number of carbonyl (C=O) groups excluding carboxylic acids is 1. The predicted octanol–water partition coefficient (Wildman–Crippen LogP) is 3.11. The van der Waals surface area contributed by atoms with Crippen molar-refractivity contribution in [3.05, 3.63) is 28.5 Å². The molecule has 0 radical (unpaired) electrons. The van der Waals surface area contributed by atoms with Gasteiger partial charge in [0.15, 0.2) is 0 Å². The van der Waals surface area contributed by atoms with E-state index in [-0.39, 0.29) is 11.3 Å². The van der Waals surface area contributed by atoms with Gasteiger partial charge in [-0.05, 0) is 46.3 Å². The minimum absolute atomic E-state index is 0.0326. The van der Waals surface area contributed by atoms with E-state index in [1.54, 1.807) is 6.20 Å². The number of nitrogens with zero attached hydrogens (tertiary/aromatic N) is 2. The summed E-state index contributed by atoms with van der Waals surface area (Å²) in [6.45, 7) is 6.07. The molecule has 1 amide bonds. The molecule has 0 bridgehead atoms. The predicted molar refractivity (Wildman–Crippen MR) is 70.9 cm³/mol. The van der Waals surface area contributed by atoms with Crippen LogP contribution in [0.3, 0.4) is 0 Å². The van der Waals surface area contributed by atoms with E-state index in [2.05, 4.69) is 34.8 Å². The Labute approximate surface area is 110 Å². The van der Waals surface area contributed by atoms with Crippen molar-refractivity contribution in [2.24, 2.45) is 5.41 Å². The molecule has 92 valence electrons. The first kappa shape index (κ1) is 12.6. The number of likely N-dealkylation sites (tertiary alicyclic amines) is 1. The van der Waals surface area contributed by atoms with Crippen molar-refractivity contribution in [3.8, 4) is 0 Å². The zero-order chi connectivity index (χ0) is 12.5. The summed E-state index contributed by atoms with van der Waals surface area (Å²) in [5.74, 6) is 0.0326. The van der Waals surface area contributed by atoms with E-state index < -0.39 is 0 Å². The van der Waals surface area contributed by atoms with Crippen LogP contribution in [0.25, 0.3) is 0 Å². The molecule has 1 aliphatic heterocycles. The van der Waals surface area contributed by atoms with Gasteiger partial charge in [-0.15, -0.1) is 0 Å². The Kier molecular flexibility index (Phi) is 3.52. The van der Waals surface area contributed by atoms with Crippen LogP contribution in [-0.4, -0.2) is 28.9 Å². The number of hydrogen-bond donors (Lipinski definition) is 0. The van der Waals surface area contributed by atoms with E-state index in [4.69, 9.17) is 0 Å². The van der Waals surface area contributed by atoms with Crippen LogP contribution in [0.5, 0.6) is 0 Å². The molecular formula is C13H17BrN2O. The van der Waals surface area contributed by atoms with Crippen molar-refractivity contribution in [2.45, 2.75) is 26.7 Å². The molecule has 1 aliphatic rings. The number of pyridine rings is 1. The van der Waals surface area contributed by atoms with E-state index >= 15 is 0 Å². The molecule has 1 aromatic rings. The molecule has 2 rings (SSSR count). The van der Waals surface area contributed by atoms with E-state index in [1.807, 2.05) is 17.0 Å². The lowest BCUT2D eigenvalue weighted by Crippen LogP contribution is -2.43. The molecule has 2 heterocycles. The van der Waals surface area contributed by atoms with Crippen molar-refractivity contribution < 1.29 is 4.79 Å². The summed E-state index contributed by atoms with van der Waals surface area (Å²) in [6, 6.07) is 3.68. The first-order chi connectivity index (χ1) is 7.99. The lowest BCUT2D eigenvalue weighted by atomic mass is 9.84. The van der Waals surface area contributed by atoms with Gasteiger partial charge < -0.3 is 4.90 Å². The monoisotopic (exact) mass is 296 g/mol. The normalized spacial score (nSPS) is 19.1. The lowest BCUT2D eigenvalue weighted by molar-refractivity contribution is 0.0576. The number of carbonyl (C=O) groups is 1. The zero-order valence-corrected chi connectivity index (χ0v) is 11.8. The Morgan fingerprint density at radius 1 is 1.53 bits per heavy atom. The van der Waals surface area contributed by atoms with Crippen molar-refractivity contribution in [3.63, 3.8) is 0 Å². The van der Waals surface area contributed by atoms with Crippen LogP contribution in [0.15, 0.2) is 22.8 Å². The van der Waals surface area contributed by atoms with Crippen molar-refractivity contribution in [1.82, 2.24) is 9.88 Å². The third kappa shape index (κ3) is 2.86. The molecule has 0 aliphatic carbocycles. The van der Waals surface area contributed by atoms with Crippen LogP contribution in [0, 0.1) is 5.41 Å². The summed E-state index contributed by atoms with van der Waals surface area (Å²) >= 11 is 3.38. The molecular weight excluding hydrogens is 280 g/mol. The lowest BCUT2D eigenvalue weighted by Gasteiger charge is -2.37. The standard InChI is InChI=1S/C13H17BrN2O/c1-13(2)6-4-8-16(9-13)12(17)11-10(14)5-3-7-15-11/h3,5,7H,4,6,8-9H2,1-2H3. The SMILES string of the molecule is CC1(C)CCCN(C(=O)c2ncccc2Br)C1. The highest BCUT2D eigenvalue weighted by Crippen LogP contribution is 2.29. The summed E-state index contributed by atoms with van der Waals surface area (Å²) in [5, 5.41) is 0. The Bertz CT molecular complexity index is 431. The van der Waals surface area contributed by atoms with Gasteiger partial charge in [0.1, 0.15) is 5.69 Å². The van der Waals surface area contributed by atoms with Gasteiger partial charge in [0, 0.05) is 23.8 Å². The molecule has 17 heavy (non-hydrogen) atoms. The number of piperidine rings is 1. The largest absolute Gasteiger partial charge is 0.337 e. The van der Waals surface area contributed by atoms with E-state index in [0.717, 1.165) is 24.0 Å². The third-order valence-corrected chi connectivity index (χ3v) is 3.79. The molecule has 1 fully saturated rings. The van der Waals surface area contributed by atoms with Crippen molar-refractivity contribution in [2.75, 3.05) is 13.1 Å². The number of hydrogen-bond acceptors (Lipinski definition) is 2. The number of amides is 1. The highest BCUT2D eigenvalue weighted by Gasteiger charge is 2.30. The highest BCUT2D eigenvalue weighted by molar-refractivity contribution is 9.10. The average Bonchev–Trinajstić information content (AvgIpc) is 2.27. The maximum absolute atomic E-state index is 12.3. The van der Waals surface area contributed by atoms with Gasteiger partial charge in [-0.1, -0.05) is 13.8 Å². The summed E-state index contributed by atoms with van der Waals surface area (Å²) in [7, 11) is 0. The molecule has 1 saturated heterocycles. The first-order valence-corrected chi connectivity index (χ1v) is 6.69. The van der Waals surface area contributed by atoms with E-state index in [9.17, 15) is 4.79 Å². The quantitative estimate of drug-likeness (QED) is 0.798. The highest BCUT2D eigenvalue weighted by atomic mass is 79.9. The molecule has 0 spiro atoms. The Hall–Kier alpha value is -0.900. The van der Waals surface area contributed by atoms with Gasteiger partial charge in [0.2, 0.25) is 0 Å². The van der Waals surface area contributed by atoms with Crippen LogP contribution < -0.4 is 0 Å².